The number of halogens is 3. The van der Waals surface area contributed by atoms with Gasteiger partial charge in [0.1, 0.15) is 0 Å². The van der Waals surface area contributed by atoms with Gasteiger partial charge in [0.05, 0.1) is 28.4 Å². The van der Waals surface area contributed by atoms with E-state index in [9.17, 15) is 0 Å². The van der Waals surface area contributed by atoms with Gasteiger partial charge < -0.3 is 10.1 Å². The van der Waals surface area contributed by atoms with Crippen LogP contribution in [0.25, 0.3) is 0 Å². The average Bonchev–Trinajstić information content (AvgIpc) is 2.46. The van der Waals surface area contributed by atoms with Crippen LogP contribution in [0, 0.1) is 0 Å². The highest BCUT2D eigenvalue weighted by Crippen LogP contribution is 2.35. The van der Waals surface area contributed by atoms with Gasteiger partial charge in [0.15, 0.2) is 0 Å². The van der Waals surface area contributed by atoms with Crippen LogP contribution in [-0.4, -0.2) is 13.2 Å². The van der Waals surface area contributed by atoms with Crippen LogP contribution in [0.15, 0.2) is 36.4 Å². The van der Waals surface area contributed by atoms with Crippen molar-refractivity contribution in [2.24, 2.45) is 0 Å². The summed E-state index contributed by atoms with van der Waals surface area (Å²) in [5, 5.41) is 4.82. The Morgan fingerprint density at radius 2 is 1.81 bits per heavy atom. The third-order valence-corrected chi connectivity index (χ3v) is 4.38. The first kappa shape index (κ1) is 15.0. The maximum atomic E-state index is 6.18. The normalized spacial score (nSPS) is 17.4. The highest BCUT2D eigenvalue weighted by Gasteiger charge is 2.20. The molecule has 21 heavy (non-hydrogen) atoms. The molecular formula is C16H14Cl3NO. The molecule has 1 atom stereocenters. The zero-order chi connectivity index (χ0) is 14.8. The Morgan fingerprint density at radius 1 is 1.10 bits per heavy atom. The van der Waals surface area contributed by atoms with E-state index in [1.54, 1.807) is 12.1 Å². The topological polar surface area (TPSA) is 21.3 Å². The molecule has 1 unspecified atom stereocenters. The molecule has 0 aromatic heterocycles. The van der Waals surface area contributed by atoms with E-state index >= 15 is 0 Å². The number of anilines is 1. The predicted molar refractivity (Wildman–Crippen MR) is 88.8 cm³/mol. The summed E-state index contributed by atoms with van der Waals surface area (Å²) in [4.78, 5) is 0. The summed E-state index contributed by atoms with van der Waals surface area (Å²) in [6.07, 6.45) is 0.951. The van der Waals surface area contributed by atoms with Crippen molar-refractivity contribution >= 4 is 40.5 Å². The molecule has 2 aromatic rings. The molecule has 0 saturated carbocycles. The Morgan fingerprint density at radius 3 is 2.57 bits per heavy atom. The number of fused-ring (bicyclic) bond motifs is 1. The van der Waals surface area contributed by atoms with Gasteiger partial charge in [0.25, 0.3) is 0 Å². The van der Waals surface area contributed by atoms with Crippen molar-refractivity contribution in [3.8, 4) is 0 Å². The van der Waals surface area contributed by atoms with Gasteiger partial charge in [0.2, 0.25) is 0 Å². The van der Waals surface area contributed by atoms with Gasteiger partial charge in [-0.15, -0.1) is 0 Å². The van der Waals surface area contributed by atoms with Gasteiger partial charge in [-0.25, -0.2) is 0 Å². The van der Waals surface area contributed by atoms with Crippen LogP contribution in [0.4, 0.5) is 5.69 Å². The monoisotopic (exact) mass is 341 g/mol. The lowest BCUT2D eigenvalue weighted by molar-refractivity contribution is 0.0513. The Labute approximate surface area is 139 Å². The molecule has 1 N–H and O–H groups in total. The van der Waals surface area contributed by atoms with Crippen molar-refractivity contribution in [2.45, 2.75) is 12.5 Å². The third kappa shape index (κ3) is 3.29. The van der Waals surface area contributed by atoms with Gasteiger partial charge in [0, 0.05) is 11.6 Å². The maximum absolute atomic E-state index is 6.18. The van der Waals surface area contributed by atoms with E-state index in [2.05, 4.69) is 23.5 Å². The first-order valence-corrected chi connectivity index (χ1v) is 7.86. The van der Waals surface area contributed by atoms with E-state index in [-0.39, 0.29) is 6.10 Å². The van der Waals surface area contributed by atoms with Gasteiger partial charge in [-0.05, 0) is 29.7 Å². The third-order valence-electron chi connectivity index (χ3n) is 3.56. The fourth-order valence-electron chi connectivity index (χ4n) is 2.55. The van der Waals surface area contributed by atoms with Crippen molar-refractivity contribution in [1.29, 1.82) is 0 Å². The molecule has 0 aliphatic carbocycles. The quantitative estimate of drug-likeness (QED) is 0.809. The lowest BCUT2D eigenvalue weighted by Gasteiger charge is -2.27. The lowest BCUT2D eigenvalue weighted by atomic mass is 9.97. The standard InChI is InChI=1S/C16H14Cl3NO/c17-11-7-13(18)16(14(19)8-11)20-9-15-12-4-2-1-3-10(12)5-6-21-15/h1-4,7-8,15,20H,5-6,9H2. The molecule has 0 spiro atoms. The maximum Gasteiger partial charge on any atom is 0.0999 e. The van der Waals surface area contributed by atoms with Crippen LogP contribution < -0.4 is 5.32 Å². The number of rotatable bonds is 3. The number of hydrogen-bond donors (Lipinski definition) is 1. The SMILES string of the molecule is Clc1cc(Cl)c(NCC2OCCc3ccccc32)c(Cl)c1. The molecule has 0 amide bonds. The van der Waals surface area contributed by atoms with Crippen LogP contribution in [0.2, 0.25) is 15.1 Å². The molecule has 0 saturated heterocycles. The molecule has 2 aromatic carbocycles. The minimum Gasteiger partial charge on any atom is -0.380 e. The second kappa shape index (κ2) is 6.45. The molecule has 1 aliphatic rings. The van der Waals surface area contributed by atoms with Crippen LogP contribution in [0.5, 0.6) is 0 Å². The highest BCUT2D eigenvalue weighted by atomic mass is 35.5. The second-order valence-corrected chi connectivity index (χ2v) is 6.18. The predicted octanol–water partition coefficient (Wildman–Crippen LogP) is 5.37. The summed E-state index contributed by atoms with van der Waals surface area (Å²) in [5.41, 5.74) is 3.25. The molecule has 1 aliphatic heterocycles. The first-order chi connectivity index (χ1) is 10.1. The zero-order valence-electron chi connectivity index (χ0n) is 11.2. The summed E-state index contributed by atoms with van der Waals surface area (Å²) in [5.74, 6) is 0. The van der Waals surface area contributed by atoms with Crippen molar-refractivity contribution in [3.63, 3.8) is 0 Å². The number of ether oxygens (including phenoxy) is 1. The van der Waals surface area contributed by atoms with Crippen molar-refractivity contribution in [1.82, 2.24) is 0 Å². The number of nitrogens with one attached hydrogen (secondary N) is 1. The van der Waals surface area contributed by atoms with Crippen molar-refractivity contribution in [2.75, 3.05) is 18.5 Å². The largest absolute Gasteiger partial charge is 0.380 e. The summed E-state index contributed by atoms with van der Waals surface area (Å²) in [6.45, 7) is 1.34. The van der Waals surface area contributed by atoms with Crippen molar-refractivity contribution < 1.29 is 4.74 Å². The van der Waals surface area contributed by atoms with Crippen LogP contribution >= 0.6 is 34.8 Å². The molecule has 5 heteroatoms. The summed E-state index contributed by atoms with van der Waals surface area (Å²) < 4.78 is 5.85. The second-order valence-electron chi connectivity index (χ2n) is 4.93. The minimum absolute atomic E-state index is 0.00207. The van der Waals surface area contributed by atoms with Gasteiger partial charge in [-0.1, -0.05) is 59.1 Å². The van der Waals surface area contributed by atoms with E-state index < -0.39 is 0 Å². The van der Waals surface area contributed by atoms with E-state index in [0.717, 1.165) is 13.0 Å². The fraction of sp³-hybridized carbons (Fsp3) is 0.250. The molecule has 110 valence electrons. The van der Waals surface area contributed by atoms with E-state index in [0.29, 0.717) is 27.3 Å². The summed E-state index contributed by atoms with van der Waals surface area (Å²) >= 11 is 18.3. The zero-order valence-corrected chi connectivity index (χ0v) is 13.5. The summed E-state index contributed by atoms with van der Waals surface area (Å²) in [7, 11) is 0. The average molecular weight is 343 g/mol. The first-order valence-electron chi connectivity index (χ1n) is 6.73. The molecule has 0 bridgehead atoms. The fourth-order valence-corrected chi connectivity index (χ4v) is 3.50. The van der Waals surface area contributed by atoms with Gasteiger partial charge in [-0.2, -0.15) is 0 Å². The van der Waals surface area contributed by atoms with E-state index in [1.807, 2.05) is 6.07 Å². The summed E-state index contributed by atoms with van der Waals surface area (Å²) in [6, 6.07) is 11.7. The highest BCUT2D eigenvalue weighted by molar-refractivity contribution is 6.41. The van der Waals surface area contributed by atoms with Crippen LogP contribution in [0.3, 0.4) is 0 Å². The Kier molecular flexibility index (Phi) is 4.60. The van der Waals surface area contributed by atoms with Gasteiger partial charge in [-0.3, -0.25) is 0 Å². The molecule has 2 nitrogen and oxygen atoms in total. The van der Waals surface area contributed by atoms with E-state index in [1.165, 1.54) is 11.1 Å². The Hall–Kier alpha value is -0.930. The molecule has 3 rings (SSSR count). The van der Waals surface area contributed by atoms with Crippen LogP contribution in [-0.2, 0) is 11.2 Å². The number of benzene rings is 2. The molecule has 0 fully saturated rings. The van der Waals surface area contributed by atoms with E-state index in [4.69, 9.17) is 39.5 Å². The van der Waals surface area contributed by atoms with Crippen molar-refractivity contribution in [3.05, 3.63) is 62.6 Å². The lowest BCUT2D eigenvalue weighted by Crippen LogP contribution is -2.22. The Balaban J connectivity index is 1.78. The smallest absolute Gasteiger partial charge is 0.0999 e. The van der Waals surface area contributed by atoms with Gasteiger partial charge >= 0.3 is 0 Å². The molecule has 1 heterocycles. The number of hydrogen-bond acceptors (Lipinski definition) is 2. The molecular weight excluding hydrogens is 329 g/mol. The minimum atomic E-state index is -0.00207. The van der Waals surface area contributed by atoms with Crippen LogP contribution in [0.1, 0.15) is 17.2 Å². The Bertz CT molecular complexity index is 637. The molecule has 0 radical (unpaired) electrons.